The first-order valence-electron chi connectivity index (χ1n) is 30.4. The fraction of sp³-hybridized carbons (Fsp3) is 0.616. The van der Waals surface area contributed by atoms with E-state index in [1.165, 1.54) is 0 Å². The van der Waals surface area contributed by atoms with Crippen LogP contribution in [-0.2, 0) is 59.8 Å². The van der Waals surface area contributed by atoms with E-state index < -0.39 is 99.8 Å². The minimum absolute atomic E-state index is 0.250. The van der Waals surface area contributed by atoms with Crippen LogP contribution in [-0.4, -0.2) is 69.5 Å². The van der Waals surface area contributed by atoms with Crippen LogP contribution in [0.25, 0.3) is 0 Å². The van der Waals surface area contributed by atoms with Gasteiger partial charge in [0.15, 0.2) is 0 Å². The molecule has 0 heterocycles. The molecule has 0 aliphatic heterocycles. The third-order valence-corrected chi connectivity index (χ3v) is 17.0. The van der Waals surface area contributed by atoms with Gasteiger partial charge in [0.25, 0.3) is 0 Å². The number of hydrogen-bond acceptors (Lipinski definition) is 12. The molecular weight excluding hydrogens is 1070 g/mol. The summed E-state index contributed by atoms with van der Waals surface area (Å²) in [6.07, 6.45) is -13.1. The molecule has 0 aliphatic carbocycles. The smallest absolute Gasteiger partial charge is 0.308 e. The Kier molecular flexibility index (Phi) is 22.8. The molecule has 0 aromatic heterocycles. The monoisotopic (exact) mass is 1180 g/mol. The van der Waals surface area contributed by atoms with Crippen molar-refractivity contribution in [3.63, 3.8) is 0 Å². The summed E-state index contributed by atoms with van der Waals surface area (Å²) in [5, 5.41) is 51.2. The highest BCUT2D eigenvalue weighted by molar-refractivity contribution is 5.73. The van der Waals surface area contributed by atoms with Gasteiger partial charge in [0.2, 0.25) is 30.6 Å². The predicted molar refractivity (Wildman–Crippen MR) is 339 cm³/mol. The molecule has 0 bridgehead atoms. The number of carbonyl (C=O) groups is 4. The number of aliphatic hydroxyl groups is 4. The summed E-state index contributed by atoms with van der Waals surface area (Å²) < 4.78 is 23.5. The molecule has 0 spiro atoms. The lowest BCUT2D eigenvalue weighted by Crippen LogP contribution is -2.64. The van der Waals surface area contributed by atoms with Gasteiger partial charge >= 0.3 is 23.9 Å². The Morgan fingerprint density at radius 3 is 0.612 bits per heavy atom. The zero-order valence-corrected chi connectivity index (χ0v) is 56.2. The normalized spacial score (nSPS) is 16.8. The molecule has 0 aliphatic rings. The van der Waals surface area contributed by atoms with Crippen molar-refractivity contribution in [1.82, 2.24) is 0 Å². The first-order chi connectivity index (χ1) is 38.5. The molecule has 4 N–H and O–H groups in total. The molecule has 8 unspecified atom stereocenters. The number of hydrogen-bond donors (Lipinski definition) is 4. The SMILES string of the molecule is CC(C)(C)c1cccc(C(CC(=O)OC(O)C(C(O)OC(=O)CC(c2cccc(C(C)(C)C)c2)C(C)(C)C)(C(O)OC(=O)CC(c2cccc(C(C)(C)C)c2)C(C)(C)C)C(O)OC(=O)CC(c2cccc(C(C)(C)C)c2)C(C)(C)C)C(C)(C)C)c1. The fourth-order valence-electron chi connectivity index (χ4n) is 11.1. The van der Waals surface area contributed by atoms with E-state index in [2.05, 4.69) is 83.1 Å². The Hall–Kier alpha value is -5.40. The number of benzene rings is 4. The van der Waals surface area contributed by atoms with Crippen LogP contribution in [0, 0.1) is 27.1 Å². The molecule has 85 heavy (non-hydrogen) atoms. The molecule has 12 heteroatoms. The summed E-state index contributed by atoms with van der Waals surface area (Å²) in [6, 6.07) is 31.3. The summed E-state index contributed by atoms with van der Waals surface area (Å²) in [7, 11) is 0. The average molecular weight is 1180 g/mol. The van der Waals surface area contributed by atoms with Crippen LogP contribution in [0.3, 0.4) is 0 Å². The van der Waals surface area contributed by atoms with Crippen molar-refractivity contribution in [1.29, 1.82) is 0 Å². The van der Waals surface area contributed by atoms with Crippen LogP contribution in [0.4, 0.5) is 0 Å². The van der Waals surface area contributed by atoms with Crippen molar-refractivity contribution in [3.05, 3.63) is 142 Å². The van der Waals surface area contributed by atoms with Gasteiger partial charge in [-0.2, -0.15) is 0 Å². The second-order valence-electron chi connectivity index (χ2n) is 32.4. The third kappa shape index (κ3) is 19.3. The molecule has 0 saturated heterocycles. The van der Waals surface area contributed by atoms with Crippen LogP contribution in [0.15, 0.2) is 97.1 Å². The van der Waals surface area contributed by atoms with Crippen molar-refractivity contribution >= 4 is 23.9 Å². The Morgan fingerprint density at radius 1 is 0.306 bits per heavy atom. The Labute approximate surface area is 511 Å². The van der Waals surface area contributed by atoms with Crippen LogP contribution in [0.1, 0.15) is 260 Å². The van der Waals surface area contributed by atoms with E-state index in [1.54, 1.807) is 0 Å². The molecule has 4 aromatic rings. The summed E-state index contributed by atoms with van der Waals surface area (Å²) in [5.74, 6) is -6.51. The first kappa shape index (κ1) is 72.1. The molecule has 4 rings (SSSR count). The van der Waals surface area contributed by atoms with Gasteiger partial charge in [-0.25, -0.2) is 0 Å². The van der Waals surface area contributed by atoms with Crippen molar-refractivity contribution in [3.8, 4) is 0 Å². The molecule has 0 saturated carbocycles. The molecule has 8 atom stereocenters. The van der Waals surface area contributed by atoms with Crippen LogP contribution >= 0.6 is 0 Å². The molecule has 0 radical (unpaired) electrons. The summed E-state index contributed by atoms with van der Waals surface area (Å²) >= 11 is 0. The van der Waals surface area contributed by atoms with Gasteiger partial charge in [-0.1, -0.05) is 263 Å². The van der Waals surface area contributed by atoms with E-state index in [0.29, 0.717) is 0 Å². The minimum Gasteiger partial charge on any atom is -0.434 e. The highest BCUT2D eigenvalue weighted by Crippen LogP contribution is 2.47. The van der Waals surface area contributed by atoms with Gasteiger partial charge in [-0.15, -0.1) is 0 Å². The second kappa shape index (κ2) is 26.9. The van der Waals surface area contributed by atoms with Gasteiger partial charge in [0.1, 0.15) is 0 Å². The van der Waals surface area contributed by atoms with Crippen LogP contribution in [0.2, 0.25) is 0 Å². The quantitative estimate of drug-likeness (QED) is 0.0373. The van der Waals surface area contributed by atoms with E-state index in [1.807, 2.05) is 180 Å². The van der Waals surface area contributed by atoms with Crippen molar-refractivity contribution in [2.45, 2.75) is 262 Å². The van der Waals surface area contributed by atoms with Crippen molar-refractivity contribution in [2.24, 2.45) is 27.1 Å². The first-order valence-corrected chi connectivity index (χ1v) is 30.4. The molecule has 472 valence electrons. The lowest BCUT2D eigenvalue weighted by Gasteiger charge is -2.44. The Bertz CT molecular complexity index is 2500. The zero-order chi connectivity index (χ0) is 65.0. The topological polar surface area (TPSA) is 186 Å². The Balaban J connectivity index is 1.98. The van der Waals surface area contributed by atoms with E-state index in [9.17, 15) is 39.6 Å². The van der Waals surface area contributed by atoms with Crippen molar-refractivity contribution in [2.75, 3.05) is 0 Å². The van der Waals surface area contributed by atoms with Crippen molar-refractivity contribution < 1.29 is 58.6 Å². The van der Waals surface area contributed by atoms with E-state index in [-0.39, 0.29) is 47.3 Å². The maximum absolute atomic E-state index is 14.7. The summed E-state index contributed by atoms with van der Waals surface area (Å²) in [4.78, 5) is 58.9. The average Bonchev–Trinajstić information content (AvgIpc) is 1.69. The second-order valence-corrected chi connectivity index (χ2v) is 32.4. The van der Waals surface area contributed by atoms with E-state index >= 15 is 0 Å². The number of carbonyl (C=O) groups excluding carboxylic acids is 4. The minimum atomic E-state index is -3.45. The number of aliphatic hydroxyl groups excluding tert-OH is 4. The number of ether oxygens (including phenoxy) is 4. The number of esters is 4. The lowest BCUT2D eigenvalue weighted by molar-refractivity contribution is -0.371. The maximum Gasteiger partial charge on any atom is 0.308 e. The molecule has 0 fully saturated rings. The molecule has 4 aromatic carbocycles. The lowest BCUT2D eigenvalue weighted by atomic mass is 9.73. The molecule has 0 amide bonds. The van der Waals surface area contributed by atoms with Gasteiger partial charge < -0.3 is 39.4 Å². The predicted octanol–water partition coefficient (Wildman–Crippen LogP) is 15.5. The molecular formula is C73H108O12. The highest BCUT2D eigenvalue weighted by Gasteiger charge is 2.64. The summed E-state index contributed by atoms with van der Waals surface area (Å²) in [5.41, 5.74) is 0.349. The molecule has 12 nitrogen and oxygen atoms in total. The Morgan fingerprint density at radius 2 is 0.471 bits per heavy atom. The number of rotatable bonds is 20. The van der Waals surface area contributed by atoms with Gasteiger partial charge in [-0.05, 0) is 111 Å². The zero-order valence-electron chi connectivity index (χ0n) is 56.2. The standard InChI is InChI=1S/C73H108O12/c1-65(2,3)49-33-25-29-45(37-49)53(69(13,14)15)41-57(74)82-61(78)73(62(79)83-58(75)42-54(70(16,17)18)46-30-26-34-50(38-46)66(4,5)6,63(80)84-59(76)43-55(71(19,20)21)47-31-27-35-51(39-47)67(7,8)9)64(81)85-60(77)44-56(72(22,23)24)48-32-28-36-52(40-48)68(10,11)12/h25-40,53-56,61-64,78-81H,41-44H2,1-24H3. The largest absolute Gasteiger partial charge is 0.434 e. The maximum atomic E-state index is 14.7. The third-order valence-electron chi connectivity index (χ3n) is 17.0. The van der Waals surface area contributed by atoms with Crippen LogP contribution in [0.5, 0.6) is 0 Å². The van der Waals surface area contributed by atoms with Gasteiger partial charge in [0, 0.05) is 0 Å². The highest BCUT2D eigenvalue weighted by atomic mass is 16.7. The summed E-state index contributed by atoms with van der Waals surface area (Å²) in [6.45, 7) is 48.3. The van der Waals surface area contributed by atoms with Gasteiger partial charge in [0.05, 0.1) is 25.7 Å². The van der Waals surface area contributed by atoms with E-state index in [4.69, 9.17) is 18.9 Å². The van der Waals surface area contributed by atoms with Gasteiger partial charge in [-0.3, -0.25) is 19.2 Å². The van der Waals surface area contributed by atoms with Crippen LogP contribution < -0.4 is 0 Å². The van der Waals surface area contributed by atoms with E-state index in [0.717, 1.165) is 44.5 Å². The fourth-order valence-corrected chi connectivity index (χ4v) is 11.1.